The van der Waals surface area contributed by atoms with Crippen molar-refractivity contribution in [3.63, 3.8) is 0 Å². The van der Waals surface area contributed by atoms with Gasteiger partial charge in [0.1, 0.15) is 23.4 Å². The van der Waals surface area contributed by atoms with Crippen LogP contribution in [0.5, 0.6) is 17.4 Å². The highest BCUT2D eigenvalue weighted by molar-refractivity contribution is 5.97. The summed E-state index contributed by atoms with van der Waals surface area (Å²) in [5.41, 5.74) is 11.9. The monoisotopic (exact) mass is 377 g/mol. The third-order valence-electron chi connectivity index (χ3n) is 4.14. The van der Waals surface area contributed by atoms with Crippen molar-refractivity contribution in [1.29, 1.82) is 0 Å². The smallest absolute Gasteiger partial charge is 0.417 e. The lowest BCUT2D eigenvalue weighted by Crippen LogP contribution is -2.06. The number of hydrogen-bond donors (Lipinski definition) is 2. The number of aromatic nitrogens is 3. The molecule has 7 nitrogen and oxygen atoms in total. The Balaban J connectivity index is 1.79. The van der Waals surface area contributed by atoms with Crippen LogP contribution in [0.2, 0.25) is 0 Å². The van der Waals surface area contributed by atoms with Crippen molar-refractivity contribution in [1.82, 2.24) is 15.0 Å². The number of benzene rings is 1. The summed E-state index contributed by atoms with van der Waals surface area (Å²) >= 11 is 0. The molecule has 0 saturated heterocycles. The van der Waals surface area contributed by atoms with Crippen LogP contribution in [0.4, 0.5) is 24.9 Å². The zero-order chi connectivity index (χ0) is 19.3. The fourth-order valence-electron chi connectivity index (χ4n) is 2.99. The molecule has 0 saturated carbocycles. The van der Waals surface area contributed by atoms with E-state index in [2.05, 4.69) is 15.0 Å². The van der Waals surface area contributed by atoms with Crippen LogP contribution in [0.1, 0.15) is 18.1 Å². The van der Waals surface area contributed by atoms with Crippen molar-refractivity contribution in [3.8, 4) is 17.4 Å². The number of nitrogens with zero attached hydrogens (tertiary/aromatic N) is 3. The second-order valence-corrected chi connectivity index (χ2v) is 6.16. The second kappa shape index (κ2) is 5.86. The molecular formula is C17H14F3N5O2. The molecular weight excluding hydrogens is 363 g/mol. The summed E-state index contributed by atoms with van der Waals surface area (Å²) < 4.78 is 49.6. The molecule has 10 heteroatoms. The van der Waals surface area contributed by atoms with Crippen LogP contribution in [0.15, 0.2) is 24.4 Å². The van der Waals surface area contributed by atoms with E-state index in [-0.39, 0.29) is 23.8 Å². The molecule has 140 valence electrons. The van der Waals surface area contributed by atoms with E-state index in [9.17, 15) is 13.2 Å². The molecule has 1 aliphatic rings. The summed E-state index contributed by atoms with van der Waals surface area (Å²) in [6, 6.07) is 3.66. The van der Waals surface area contributed by atoms with E-state index in [0.29, 0.717) is 35.0 Å². The van der Waals surface area contributed by atoms with Gasteiger partial charge in [-0.1, -0.05) is 0 Å². The average molecular weight is 377 g/mol. The normalized spacial score (nSPS) is 16.2. The van der Waals surface area contributed by atoms with Gasteiger partial charge in [-0.15, -0.1) is 0 Å². The minimum absolute atomic E-state index is 0.00963. The highest BCUT2D eigenvalue weighted by Gasteiger charge is 2.31. The van der Waals surface area contributed by atoms with Gasteiger partial charge in [-0.2, -0.15) is 18.2 Å². The average Bonchev–Trinajstić information content (AvgIpc) is 2.95. The van der Waals surface area contributed by atoms with Gasteiger partial charge in [-0.05, 0) is 13.0 Å². The van der Waals surface area contributed by atoms with Crippen LogP contribution in [0.25, 0.3) is 10.9 Å². The van der Waals surface area contributed by atoms with E-state index < -0.39 is 11.7 Å². The van der Waals surface area contributed by atoms with Gasteiger partial charge in [0.05, 0.1) is 16.5 Å². The summed E-state index contributed by atoms with van der Waals surface area (Å²) in [6.07, 6.45) is -3.35. The van der Waals surface area contributed by atoms with E-state index in [0.717, 1.165) is 17.7 Å². The van der Waals surface area contributed by atoms with Crippen LogP contribution < -0.4 is 20.9 Å². The molecule has 27 heavy (non-hydrogen) atoms. The highest BCUT2D eigenvalue weighted by Crippen LogP contribution is 2.45. The number of rotatable bonds is 2. The fraction of sp³-hybridized carbons (Fsp3) is 0.235. The van der Waals surface area contributed by atoms with Gasteiger partial charge in [0.2, 0.25) is 11.8 Å². The Morgan fingerprint density at radius 3 is 2.67 bits per heavy atom. The Kier molecular flexibility index (Phi) is 3.72. The Hall–Kier alpha value is -3.30. The zero-order valence-electron chi connectivity index (χ0n) is 14.0. The van der Waals surface area contributed by atoms with E-state index in [4.69, 9.17) is 20.9 Å². The minimum Gasteiger partial charge on any atom is -0.489 e. The van der Waals surface area contributed by atoms with Crippen molar-refractivity contribution in [2.24, 2.45) is 0 Å². The molecule has 0 bridgehead atoms. The molecule has 3 aromatic rings. The molecule has 3 heterocycles. The van der Waals surface area contributed by atoms with E-state index in [1.807, 2.05) is 6.92 Å². The molecule has 0 fully saturated rings. The number of nitrogens with two attached hydrogens (primary N) is 2. The molecule has 4 rings (SSSR count). The van der Waals surface area contributed by atoms with E-state index in [1.54, 1.807) is 6.07 Å². The van der Waals surface area contributed by atoms with Crippen LogP contribution in [0.3, 0.4) is 0 Å². The molecule has 4 N–H and O–H groups in total. The number of fused-ring (bicyclic) bond motifs is 3. The summed E-state index contributed by atoms with van der Waals surface area (Å²) in [7, 11) is 0. The predicted molar refractivity (Wildman–Crippen MR) is 91.5 cm³/mol. The Labute approximate surface area is 151 Å². The molecule has 0 spiro atoms. The maximum atomic E-state index is 12.7. The van der Waals surface area contributed by atoms with Gasteiger partial charge in [-0.25, -0.2) is 9.97 Å². The van der Waals surface area contributed by atoms with Crippen molar-refractivity contribution >= 4 is 22.7 Å². The number of hydrogen-bond acceptors (Lipinski definition) is 7. The number of nitrogen functional groups attached to an aromatic ring is 2. The number of anilines is 2. The second-order valence-electron chi connectivity index (χ2n) is 6.16. The summed E-state index contributed by atoms with van der Waals surface area (Å²) in [5, 5.41) is 0.524. The highest BCUT2D eigenvalue weighted by atomic mass is 19.4. The third-order valence-corrected chi connectivity index (χ3v) is 4.14. The van der Waals surface area contributed by atoms with Crippen LogP contribution >= 0.6 is 0 Å². The topological polar surface area (TPSA) is 109 Å². The summed E-state index contributed by atoms with van der Waals surface area (Å²) in [4.78, 5) is 11.8. The molecule has 2 aromatic heterocycles. The van der Waals surface area contributed by atoms with Crippen LogP contribution in [0, 0.1) is 0 Å². The van der Waals surface area contributed by atoms with Crippen molar-refractivity contribution < 1.29 is 22.6 Å². The van der Waals surface area contributed by atoms with E-state index >= 15 is 0 Å². The molecule has 1 atom stereocenters. The Morgan fingerprint density at radius 1 is 1.22 bits per heavy atom. The Morgan fingerprint density at radius 2 is 2.00 bits per heavy atom. The largest absolute Gasteiger partial charge is 0.489 e. The van der Waals surface area contributed by atoms with Gasteiger partial charge in [0.15, 0.2) is 0 Å². The zero-order valence-corrected chi connectivity index (χ0v) is 14.0. The van der Waals surface area contributed by atoms with Crippen LogP contribution in [-0.2, 0) is 12.6 Å². The lowest BCUT2D eigenvalue weighted by Gasteiger charge is -2.13. The standard InChI is InChI=1S/C17H14F3N5O2/c1-7-4-9-11(27-12-3-2-8(6-23-12)17(18,19)20)5-10-13(14(9)26-7)15(21)25-16(22)24-10/h2-3,5-7H,4H2,1H3,(H4,21,22,24,25). The molecule has 0 aliphatic carbocycles. The Bertz CT molecular complexity index is 1040. The van der Waals surface area contributed by atoms with Gasteiger partial charge < -0.3 is 20.9 Å². The summed E-state index contributed by atoms with van der Waals surface area (Å²) in [6.45, 7) is 1.88. The third kappa shape index (κ3) is 3.03. The molecule has 1 aliphatic heterocycles. The van der Waals surface area contributed by atoms with Gasteiger partial charge in [0, 0.05) is 30.3 Å². The molecule has 1 unspecified atom stereocenters. The number of pyridine rings is 1. The number of alkyl halides is 3. The number of ether oxygens (including phenoxy) is 2. The fourth-order valence-corrected chi connectivity index (χ4v) is 2.99. The van der Waals surface area contributed by atoms with Crippen molar-refractivity contribution in [2.75, 3.05) is 11.5 Å². The maximum Gasteiger partial charge on any atom is 0.417 e. The van der Waals surface area contributed by atoms with E-state index in [1.165, 1.54) is 0 Å². The molecule has 0 amide bonds. The predicted octanol–water partition coefficient (Wildman–Crippen LogP) is 3.32. The first-order chi connectivity index (χ1) is 12.7. The minimum atomic E-state index is -4.47. The first-order valence-electron chi connectivity index (χ1n) is 7.98. The van der Waals surface area contributed by atoms with Crippen molar-refractivity contribution in [3.05, 3.63) is 35.5 Å². The first-order valence-corrected chi connectivity index (χ1v) is 7.98. The van der Waals surface area contributed by atoms with Gasteiger partial charge in [0.25, 0.3) is 0 Å². The SMILES string of the molecule is CC1Cc2c(Oc3ccc(C(F)(F)F)cn3)cc3nc(N)nc(N)c3c2O1. The molecule has 1 aromatic carbocycles. The number of halogens is 3. The maximum absolute atomic E-state index is 12.7. The molecule has 0 radical (unpaired) electrons. The van der Waals surface area contributed by atoms with Crippen molar-refractivity contribution in [2.45, 2.75) is 25.6 Å². The lowest BCUT2D eigenvalue weighted by atomic mass is 10.1. The van der Waals surface area contributed by atoms with Crippen LogP contribution in [-0.4, -0.2) is 21.1 Å². The quantitative estimate of drug-likeness (QED) is 0.705. The first kappa shape index (κ1) is 17.1. The summed E-state index contributed by atoms with van der Waals surface area (Å²) in [5.74, 6) is 1.04. The van der Waals surface area contributed by atoms with Gasteiger partial charge in [-0.3, -0.25) is 0 Å². The lowest BCUT2D eigenvalue weighted by molar-refractivity contribution is -0.137. The van der Waals surface area contributed by atoms with Gasteiger partial charge >= 0.3 is 6.18 Å².